The molecule has 34 heavy (non-hydrogen) atoms. The molecule has 0 aromatic heterocycles. The first-order valence-electron chi connectivity index (χ1n) is 12.1. The van der Waals surface area contributed by atoms with Gasteiger partial charge in [0.1, 0.15) is 12.6 Å². The lowest BCUT2D eigenvalue weighted by Crippen LogP contribution is -2.44. The minimum Gasteiger partial charge on any atom is -0.480 e. The van der Waals surface area contributed by atoms with Crippen LogP contribution < -0.4 is 10.6 Å². The second-order valence-electron chi connectivity index (χ2n) is 8.76. The van der Waals surface area contributed by atoms with Crippen molar-refractivity contribution < 1.29 is 24.2 Å². The lowest BCUT2D eigenvalue weighted by molar-refractivity contribution is -0.142. The van der Waals surface area contributed by atoms with Crippen molar-refractivity contribution in [2.24, 2.45) is 0 Å². The molecular weight excluding hydrogens is 432 g/mol. The number of alkyl carbamates (subject to hydrolysis) is 1. The lowest BCUT2D eigenvalue weighted by Gasteiger charge is -2.21. The molecule has 0 unspecified atom stereocenters. The zero-order valence-corrected chi connectivity index (χ0v) is 19.9. The van der Waals surface area contributed by atoms with Gasteiger partial charge in [0, 0.05) is 18.4 Å². The second-order valence-corrected chi connectivity index (χ2v) is 8.76. The molecule has 0 spiro atoms. The van der Waals surface area contributed by atoms with Gasteiger partial charge in [-0.05, 0) is 35.1 Å². The summed E-state index contributed by atoms with van der Waals surface area (Å²) in [5, 5.41) is 14.7. The number of benzene rings is 2. The molecule has 2 aromatic carbocycles. The highest BCUT2D eigenvalue weighted by molar-refractivity contribution is 5.84. The number of unbranched alkanes of at least 4 members (excludes halogenated alkanes) is 1. The van der Waals surface area contributed by atoms with Crippen molar-refractivity contribution in [3.8, 4) is 11.1 Å². The fourth-order valence-electron chi connectivity index (χ4n) is 4.51. The number of hydrogen-bond donors (Lipinski definition) is 3. The van der Waals surface area contributed by atoms with E-state index in [1.807, 2.05) is 38.1 Å². The average Bonchev–Trinajstić information content (AvgIpc) is 3.14. The van der Waals surface area contributed by atoms with Gasteiger partial charge in [0.2, 0.25) is 5.91 Å². The molecular formula is C27H34N2O5. The number of aliphatic carboxylic acids is 1. The number of fused-ring (bicyclic) bond motifs is 3. The number of carboxylic acids is 1. The van der Waals surface area contributed by atoms with Gasteiger partial charge >= 0.3 is 12.1 Å². The Morgan fingerprint density at radius 2 is 1.53 bits per heavy atom. The largest absolute Gasteiger partial charge is 0.480 e. The van der Waals surface area contributed by atoms with Gasteiger partial charge in [-0.25, -0.2) is 9.59 Å². The molecule has 2 aromatic rings. The SMILES string of the molecule is CCCC[C@@H](CC(=O)N[C@H](CCC)C(=O)O)NC(=O)OCC1c2ccccc2-c2ccccc21. The number of ether oxygens (including phenoxy) is 1. The molecule has 0 bridgehead atoms. The standard InChI is InChI=1S/C27H34N2O5/c1-3-5-11-18(16-25(30)29-24(10-4-2)26(31)32)28-27(33)34-17-23-21-14-8-6-12-19(21)20-13-7-9-15-22(20)23/h6-9,12-15,18,23-24H,3-5,10-11,16-17H2,1-2H3,(H,28,33)(H,29,30)(H,31,32)/t18-,24+/m0/s1. The van der Waals surface area contributed by atoms with Crippen LogP contribution in [0.3, 0.4) is 0 Å². The van der Waals surface area contributed by atoms with Crippen molar-refractivity contribution in [1.82, 2.24) is 10.6 Å². The number of carbonyl (C=O) groups is 3. The smallest absolute Gasteiger partial charge is 0.407 e. The summed E-state index contributed by atoms with van der Waals surface area (Å²) in [4.78, 5) is 36.5. The Morgan fingerprint density at radius 1 is 0.912 bits per heavy atom. The van der Waals surface area contributed by atoms with Crippen LogP contribution in [0.2, 0.25) is 0 Å². The summed E-state index contributed by atoms with van der Waals surface area (Å²) in [7, 11) is 0. The van der Waals surface area contributed by atoms with Crippen LogP contribution in [0.5, 0.6) is 0 Å². The third kappa shape index (κ3) is 6.37. The molecule has 1 aliphatic rings. The highest BCUT2D eigenvalue weighted by Crippen LogP contribution is 2.44. The molecule has 0 fully saturated rings. The van der Waals surface area contributed by atoms with Crippen molar-refractivity contribution in [3.63, 3.8) is 0 Å². The number of amides is 2. The van der Waals surface area contributed by atoms with Crippen LogP contribution in [0.15, 0.2) is 48.5 Å². The van der Waals surface area contributed by atoms with Crippen LogP contribution in [0.1, 0.15) is 69.4 Å². The third-order valence-electron chi connectivity index (χ3n) is 6.21. The van der Waals surface area contributed by atoms with Crippen molar-refractivity contribution in [2.75, 3.05) is 6.61 Å². The Morgan fingerprint density at radius 3 is 2.09 bits per heavy atom. The van der Waals surface area contributed by atoms with E-state index in [0.717, 1.165) is 35.1 Å². The summed E-state index contributed by atoms with van der Waals surface area (Å²) in [6.45, 7) is 4.10. The van der Waals surface area contributed by atoms with E-state index in [4.69, 9.17) is 4.74 Å². The van der Waals surface area contributed by atoms with E-state index in [9.17, 15) is 19.5 Å². The van der Waals surface area contributed by atoms with Crippen LogP contribution in [0.4, 0.5) is 4.79 Å². The molecule has 1 aliphatic carbocycles. The predicted octanol–water partition coefficient (Wildman–Crippen LogP) is 4.84. The van der Waals surface area contributed by atoms with Gasteiger partial charge in [-0.3, -0.25) is 4.79 Å². The van der Waals surface area contributed by atoms with Gasteiger partial charge in [0.15, 0.2) is 0 Å². The highest BCUT2D eigenvalue weighted by atomic mass is 16.5. The number of nitrogens with one attached hydrogen (secondary N) is 2. The highest BCUT2D eigenvalue weighted by Gasteiger charge is 2.29. The van der Waals surface area contributed by atoms with E-state index in [0.29, 0.717) is 19.3 Å². The van der Waals surface area contributed by atoms with E-state index in [1.165, 1.54) is 0 Å². The van der Waals surface area contributed by atoms with Crippen LogP contribution in [-0.2, 0) is 14.3 Å². The minimum atomic E-state index is -1.05. The first-order valence-corrected chi connectivity index (χ1v) is 12.1. The Labute approximate surface area is 200 Å². The summed E-state index contributed by atoms with van der Waals surface area (Å²) >= 11 is 0. The Hall–Kier alpha value is -3.35. The predicted molar refractivity (Wildman–Crippen MR) is 131 cm³/mol. The maximum Gasteiger partial charge on any atom is 0.407 e. The first-order chi connectivity index (χ1) is 16.4. The van der Waals surface area contributed by atoms with Gasteiger partial charge in [0.25, 0.3) is 0 Å². The molecule has 2 atom stereocenters. The summed E-state index contributed by atoms with van der Waals surface area (Å²) in [6, 6.07) is 14.9. The zero-order chi connectivity index (χ0) is 24.5. The average molecular weight is 467 g/mol. The number of carbonyl (C=O) groups excluding carboxylic acids is 2. The van der Waals surface area contributed by atoms with Crippen LogP contribution in [0, 0.1) is 0 Å². The molecule has 0 aliphatic heterocycles. The van der Waals surface area contributed by atoms with Crippen molar-refractivity contribution in [2.45, 2.75) is 70.4 Å². The molecule has 182 valence electrons. The first kappa shape index (κ1) is 25.3. The van der Waals surface area contributed by atoms with E-state index in [2.05, 4.69) is 34.9 Å². The molecule has 0 saturated carbocycles. The molecule has 0 saturated heterocycles. The topological polar surface area (TPSA) is 105 Å². The quantitative estimate of drug-likeness (QED) is 0.415. The monoisotopic (exact) mass is 466 g/mol. The Balaban J connectivity index is 1.60. The summed E-state index contributed by atoms with van der Waals surface area (Å²) < 4.78 is 5.61. The lowest BCUT2D eigenvalue weighted by atomic mass is 9.98. The number of rotatable bonds is 12. The fraction of sp³-hybridized carbons (Fsp3) is 0.444. The van der Waals surface area contributed by atoms with E-state index < -0.39 is 24.1 Å². The molecule has 0 radical (unpaired) electrons. The minimum absolute atomic E-state index is 0.0116. The molecule has 3 rings (SSSR count). The summed E-state index contributed by atoms with van der Waals surface area (Å²) in [5.74, 6) is -1.48. The summed E-state index contributed by atoms with van der Waals surface area (Å²) in [6.07, 6.45) is 2.81. The third-order valence-corrected chi connectivity index (χ3v) is 6.21. The van der Waals surface area contributed by atoms with Gasteiger partial charge in [0.05, 0.1) is 0 Å². The van der Waals surface area contributed by atoms with Gasteiger partial charge in [-0.2, -0.15) is 0 Å². The van der Waals surface area contributed by atoms with Crippen LogP contribution >= 0.6 is 0 Å². The van der Waals surface area contributed by atoms with Gasteiger partial charge in [-0.1, -0.05) is 81.6 Å². The molecule has 3 N–H and O–H groups in total. The fourth-order valence-corrected chi connectivity index (χ4v) is 4.51. The van der Waals surface area contributed by atoms with Crippen molar-refractivity contribution in [1.29, 1.82) is 0 Å². The maximum absolute atomic E-state index is 12.7. The zero-order valence-electron chi connectivity index (χ0n) is 19.9. The van der Waals surface area contributed by atoms with Gasteiger partial charge < -0.3 is 20.5 Å². The molecule has 2 amide bonds. The van der Waals surface area contributed by atoms with Crippen LogP contribution in [0.25, 0.3) is 11.1 Å². The number of hydrogen-bond acceptors (Lipinski definition) is 4. The molecule has 0 heterocycles. The van der Waals surface area contributed by atoms with Crippen molar-refractivity contribution in [3.05, 3.63) is 59.7 Å². The normalized spacial score (nSPS) is 13.9. The molecule has 7 heteroatoms. The van der Waals surface area contributed by atoms with Crippen molar-refractivity contribution >= 4 is 18.0 Å². The molecule has 7 nitrogen and oxygen atoms in total. The maximum atomic E-state index is 12.7. The van der Waals surface area contributed by atoms with Gasteiger partial charge in [-0.15, -0.1) is 0 Å². The Kier molecular flexibility index (Phi) is 9.08. The Bertz CT molecular complexity index is 961. The van der Waals surface area contributed by atoms with E-state index >= 15 is 0 Å². The van der Waals surface area contributed by atoms with E-state index in [-0.39, 0.29) is 24.9 Å². The van der Waals surface area contributed by atoms with Crippen LogP contribution in [-0.4, -0.2) is 41.8 Å². The number of carboxylic acid groups (broad SMARTS) is 1. The second kappa shape index (κ2) is 12.2. The summed E-state index contributed by atoms with van der Waals surface area (Å²) in [5.41, 5.74) is 4.58. The van der Waals surface area contributed by atoms with E-state index in [1.54, 1.807) is 0 Å².